The molecule has 0 bridgehead atoms. The molecule has 24 heavy (non-hydrogen) atoms. The van der Waals surface area contributed by atoms with Crippen LogP contribution in [0.1, 0.15) is 11.1 Å². The molecule has 3 heterocycles. The number of benzene rings is 1. The molecule has 2 aliphatic heterocycles. The van der Waals surface area contributed by atoms with Crippen molar-refractivity contribution in [2.75, 3.05) is 36.1 Å². The van der Waals surface area contributed by atoms with Crippen LogP contribution in [-0.4, -0.2) is 42.3 Å². The second-order valence-corrected chi connectivity index (χ2v) is 6.30. The Labute approximate surface area is 145 Å². The van der Waals surface area contributed by atoms with E-state index in [0.29, 0.717) is 25.3 Å². The number of rotatable bonds is 2. The summed E-state index contributed by atoms with van der Waals surface area (Å²) in [7, 11) is 0. The molecule has 1 saturated heterocycles. The van der Waals surface area contributed by atoms with Gasteiger partial charge in [-0.25, -0.2) is 4.98 Å². The van der Waals surface area contributed by atoms with Gasteiger partial charge < -0.3 is 14.5 Å². The molecule has 0 saturated carbocycles. The van der Waals surface area contributed by atoms with Crippen molar-refractivity contribution in [3.63, 3.8) is 0 Å². The van der Waals surface area contributed by atoms with E-state index in [1.165, 1.54) is 0 Å². The number of anilines is 2. The number of nitrogens with zero attached hydrogens (tertiary/aromatic N) is 5. The molecule has 0 spiro atoms. The Balaban J connectivity index is 1.69. The molecule has 1 unspecified atom stereocenters. The minimum Gasteiger partial charge on any atom is -0.377 e. The first-order valence-electron chi connectivity index (χ1n) is 7.85. The highest BCUT2D eigenvalue weighted by molar-refractivity contribution is 6.28. The van der Waals surface area contributed by atoms with Crippen LogP contribution in [0.15, 0.2) is 30.5 Å². The standard InChI is InChI=1S/C17H16ClN5O/c18-17-20-8-15-16(21-17)23-4-5-24-11-14(23)10-22(15)9-13-3-1-2-12(6-13)7-19/h1-3,6,8,14H,4-5,9-11H2. The summed E-state index contributed by atoms with van der Waals surface area (Å²) in [5, 5.41) is 9.35. The van der Waals surface area contributed by atoms with Gasteiger partial charge in [0.25, 0.3) is 0 Å². The Morgan fingerprint density at radius 3 is 3.21 bits per heavy atom. The van der Waals surface area contributed by atoms with Crippen LogP contribution in [0.3, 0.4) is 0 Å². The highest BCUT2D eigenvalue weighted by Gasteiger charge is 2.34. The van der Waals surface area contributed by atoms with Crippen molar-refractivity contribution in [3.8, 4) is 6.07 Å². The molecule has 0 amide bonds. The Bertz CT molecular complexity index is 806. The fraction of sp³-hybridized carbons (Fsp3) is 0.353. The molecule has 0 radical (unpaired) electrons. The molecule has 0 aliphatic carbocycles. The molecular formula is C17H16ClN5O. The molecule has 1 fully saturated rings. The lowest BCUT2D eigenvalue weighted by Gasteiger charge is -2.45. The van der Waals surface area contributed by atoms with Gasteiger partial charge in [0.1, 0.15) is 0 Å². The van der Waals surface area contributed by atoms with Crippen molar-refractivity contribution in [2.24, 2.45) is 0 Å². The largest absolute Gasteiger partial charge is 0.377 e. The van der Waals surface area contributed by atoms with E-state index in [4.69, 9.17) is 21.6 Å². The molecule has 0 N–H and O–H groups in total. The minimum atomic E-state index is 0.247. The van der Waals surface area contributed by atoms with Gasteiger partial charge in [-0.1, -0.05) is 12.1 Å². The summed E-state index contributed by atoms with van der Waals surface area (Å²) in [6, 6.07) is 10.1. The maximum atomic E-state index is 9.09. The molecule has 2 aliphatic rings. The van der Waals surface area contributed by atoms with Gasteiger partial charge in [0.2, 0.25) is 5.28 Å². The van der Waals surface area contributed by atoms with Crippen molar-refractivity contribution >= 4 is 23.1 Å². The van der Waals surface area contributed by atoms with Crippen LogP contribution in [0.25, 0.3) is 0 Å². The number of ether oxygens (including phenoxy) is 1. The summed E-state index contributed by atoms with van der Waals surface area (Å²) < 4.78 is 5.63. The van der Waals surface area contributed by atoms with Gasteiger partial charge in [-0.05, 0) is 29.3 Å². The maximum Gasteiger partial charge on any atom is 0.224 e. The van der Waals surface area contributed by atoms with Crippen LogP contribution in [0.4, 0.5) is 11.5 Å². The third kappa shape index (κ3) is 2.77. The predicted molar refractivity (Wildman–Crippen MR) is 91.2 cm³/mol. The van der Waals surface area contributed by atoms with Gasteiger partial charge in [-0.15, -0.1) is 0 Å². The highest BCUT2D eigenvalue weighted by Crippen LogP contribution is 2.35. The van der Waals surface area contributed by atoms with E-state index in [0.717, 1.165) is 30.2 Å². The molecular weight excluding hydrogens is 326 g/mol. The van der Waals surface area contributed by atoms with Gasteiger partial charge in [-0.3, -0.25) is 0 Å². The molecule has 1 aromatic heterocycles. The fourth-order valence-electron chi connectivity index (χ4n) is 3.33. The van der Waals surface area contributed by atoms with Gasteiger partial charge in [0.05, 0.1) is 42.8 Å². The van der Waals surface area contributed by atoms with Crippen LogP contribution in [-0.2, 0) is 11.3 Å². The van der Waals surface area contributed by atoms with Crippen molar-refractivity contribution in [1.82, 2.24) is 9.97 Å². The Morgan fingerprint density at radius 1 is 1.42 bits per heavy atom. The first-order chi connectivity index (χ1) is 11.7. The Hall–Kier alpha value is -2.36. The fourth-order valence-corrected chi connectivity index (χ4v) is 3.46. The highest BCUT2D eigenvalue weighted by atomic mass is 35.5. The van der Waals surface area contributed by atoms with Crippen molar-refractivity contribution in [1.29, 1.82) is 5.26 Å². The molecule has 122 valence electrons. The summed E-state index contributed by atoms with van der Waals surface area (Å²) in [6.07, 6.45) is 1.78. The number of aromatic nitrogens is 2. The zero-order valence-electron chi connectivity index (χ0n) is 13.0. The van der Waals surface area contributed by atoms with Crippen LogP contribution < -0.4 is 9.80 Å². The lowest BCUT2D eigenvalue weighted by molar-refractivity contribution is 0.0936. The van der Waals surface area contributed by atoms with Crippen molar-refractivity contribution in [2.45, 2.75) is 12.6 Å². The Morgan fingerprint density at radius 2 is 2.33 bits per heavy atom. The number of halogens is 1. The molecule has 2 aromatic rings. The average molecular weight is 342 g/mol. The molecule has 7 heteroatoms. The molecule has 6 nitrogen and oxygen atoms in total. The summed E-state index contributed by atoms with van der Waals surface area (Å²) >= 11 is 6.02. The molecule has 4 rings (SSSR count). The summed E-state index contributed by atoms with van der Waals surface area (Å²) in [6.45, 7) is 3.70. The van der Waals surface area contributed by atoms with Gasteiger partial charge >= 0.3 is 0 Å². The van der Waals surface area contributed by atoms with E-state index in [1.807, 2.05) is 24.3 Å². The summed E-state index contributed by atoms with van der Waals surface area (Å²) in [4.78, 5) is 13.1. The Kier molecular flexibility index (Phi) is 3.97. The molecule has 1 aromatic carbocycles. The third-order valence-electron chi connectivity index (χ3n) is 4.42. The molecule has 1 atom stereocenters. The first kappa shape index (κ1) is 15.2. The number of nitriles is 1. The second kappa shape index (κ2) is 6.27. The topological polar surface area (TPSA) is 65.3 Å². The summed E-state index contributed by atoms with van der Waals surface area (Å²) in [5.74, 6) is 0.867. The summed E-state index contributed by atoms with van der Waals surface area (Å²) in [5.41, 5.74) is 2.72. The lowest BCUT2D eigenvalue weighted by Crippen LogP contribution is -2.55. The third-order valence-corrected chi connectivity index (χ3v) is 4.60. The predicted octanol–water partition coefficient (Wildman–Crippen LogP) is 2.23. The van der Waals surface area contributed by atoms with E-state index in [1.54, 1.807) is 6.20 Å². The average Bonchev–Trinajstić information content (AvgIpc) is 2.62. The van der Waals surface area contributed by atoms with Crippen molar-refractivity contribution < 1.29 is 4.74 Å². The lowest BCUT2D eigenvalue weighted by atomic mass is 10.1. The quantitative estimate of drug-likeness (QED) is 0.780. The zero-order valence-corrected chi connectivity index (χ0v) is 13.8. The normalized spacial score (nSPS) is 19.4. The SMILES string of the molecule is N#Cc1cccc(CN2CC3COCCN3c3nc(Cl)ncc32)c1. The van der Waals surface area contributed by atoms with Gasteiger partial charge in [-0.2, -0.15) is 10.2 Å². The van der Waals surface area contributed by atoms with Crippen LogP contribution in [0.5, 0.6) is 0 Å². The van der Waals surface area contributed by atoms with Gasteiger partial charge in [0.15, 0.2) is 5.82 Å². The van der Waals surface area contributed by atoms with E-state index in [9.17, 15) is 0 Å². The van der Waals surface area contributed by atoms with Gasteiger partial charge in [0, 0.05) is 19.6 Å². The van der Waals surface area contributed by atoms with E-state index in [2.05, 4.69) is 25.8 Å². The smallest absolute Gasteiger partial charge is 0.224 e. The van der Waals surface area contributed by atoms with Crippen molar-refractivity contribution in [3.05, 3.63) is 46.9 Å². The zero-order chi connectivity index (χ0) is 16.5. The van der Waals surface area contributed by atoms with Crippen LogP contribution in [0, 0.1) is 11.3 Å². The monoisotopic (exact) mass is 341 g/mol. The van der Waals surface area contributed by atoms with E-state index < -0.39 is 0 Å². The van der Waals surface area contributed by atoms with E-state index >= 15 is 0 Å². The van der Waals surface area contributed by atoms with Crippen LogP contribution in [0.2, 0.25) is 5.28 Å². The minimum absolute atomic E-state index is 0.247. The first-order valence-corrected chi connectivity index (χ1v) is 8.23. The number of morpholine rings is 1. The second-order valence-electron chi connectivity index (χ2n) is 5.96. The number of fused-ring (bicyclic) bond motifs is 3. The number of hydrogen-bond donors (Lipinski definition) is 0. The van der Waals surface area contributed by atoms with E-state index in [-0.39, 0.29) is 11.3 Å². The number of hydrogen-bond acceptors (Lipinski definition) is 6. The maximum absolute atomic E-state index is 9.09. The van der Waals surface area contributed by atoms with Crippen LogP contribution >= 0.6 is 11.6 Å².